The molecule has 0 saturated heterocycles. The molecule has 0 spiro atoms. The number of fused-ring (bicyclic) bond motifs is 1. The first-order valence-electron chi connectivity index (χ1n) is 9.86. The average Bonchev–Trinajstić information content (AvgIpc) is 2.77. The van der Waals surface area contributed by atoms with Crippen LogP contribution in [0.3, 0.4) is 0 Å². The number of hydrogen-bond acceptors (Lipinski definition) is 2. The summed E-state index contributed by atoms with van der Waals surface area (Å²) in [5.74, 6) is 1.51. The summed E-state index contributed by atoms with van der Waals surface area (Å²) < 4.78 is 12.2. The molecule has 0 bridgehead atoms. The average molecular weight is 403 g/mol. The molecule has 29 heavy (non-hydrogen) atoms. The van der Waals surface area contributed by atoms with Crippen LogP contribution in [0.25, 0.3) is 10.8 Å². The van der Waals surface area contributed by atoms with E-state index in [4.69, 9.17) is 21.1 Å². The molecule has 0 heterocycles. The van der Waals surface area contributed by atoms with E-state index in [9.17, 15) is 0 Å². The molecule has 0 aliphatic carbocycles. The maximum Gasteiger partial charge on any atom is 0.145 e. The van der Waals surface area contributed by atoms with E-state index in [1.54, 1.807) is 0 Å². The van der Waals surface area contributed by atoms with Crippen molar-refractivity contribution in [2.45, 2.75) is 12.8 Å². The number of benzene rings is 4. The van der Waals surface area contributed by atoms with E-state index in [0.717, 1.165) is 29.4 Å². The first-order chi connectivity index (χ1) is 14.3. The lowest BCUT2D eigenvalue weighted by Gasteiger charge is -2.15. The fourth-order valence-corrected chi connectivity index (χ4v) is 3.64. The predicted octanol–water partition coefficient (Wildman–Crippen LogP) is 6.74. The fourth-order valence-electron chi connectivity index (χ4n) is 3.39. The first kappa shape index (κ1) is 19.4. The summed E-state index contributed by atoms with van der Waals surface area (Å²) in [6.07, 6.45) is 1.68. The van der Waals surface area contributed by atoms with Gasteiger partial charge in [0.25, 0.3) is 0 Å². The molecule has 0 atom stereocenters. The zero-order chi connectivity index (χ0) is 19.9. The quantitative estimate of drug-likeness (QED) is 0.325. The third-order valence-corrected chi connectivity index (χ3v) is 5.16. The zero-order valence-corrected chi connectivity index (χ0v) is 16.9. The van der Waals surface area contributed by atoms with E-state index in [1.165, 1.54) is 11.1 Å². The summed E-state index contributed by atoms with van der Waals surface area (Å²) in [4.78, 5) is 0. The molecule has 0 saturated carbocycles. The second kappa shape index (κ2) is 9.49. The molecule has 2 nitrogen and oxygen atoms in total. The molecular formula is C26H23ClO2. The van der Waals surface area contributed by atoms with Gasteiger partial charge >= 0.3 is 0 Å². The van der Waals surface area contributed by atoms with Gasteiger partial charge in [-0.25, -0.2) is 0 Å². The number of ether oxygens (including phenoxy) is 2. The molecule has 0 fully saturated rings. The molecule has 0 radical (unpaired) electrons. The molecule has 146 valence electrons. The Bertz CT molecular complexity index is 1060. The summed E-state index contributed by atoms with van der Waals surface area (Å²) in [5.41, 5.74) is 2.50. The summed E-state index contributed by atoms with van der Waals surface area (Å²) in [6, 6.07) is 30.6. The van der Waals surface area contributed by atoms with Gasteiger partial charge in [-0.1, -0.05) is 96.5 Å². The monoisotopic (exact) mass is 402 g/mol. The van der Waals surface area contributed by atoms with Gasteiger partial charge in [-0.2, -0.15) is 0 Å². The third-order valence-electron chi connectivity index (χ3n) is 4.88. The number of halogens is 1. The second-order valence-corrected chi connectivity index (χ2v) is 7.31. The third kappa shape index (κ3) is 4.90. The Hall–Kier alpha value is -2.97. The van der Waals surface area contributed by atoms with Crippen LogP contribution in [0.2, 0.25) is 5.02 Å². The van der Waals surface area contributed by atoms with Crippen LogP contribution >= 0.6 is 11.6 Å². The van der Waals surface area contributed by atoms with E-state index in [1.807, 2.05) is 66.7 Å². The normalized spacial score (nSPS) is 10.8. The molecule has 0 aliphatic heterocycles. The van der Waals surface area contributed by atoms with Crippen molar-refractivity contribution >= 4 is 22.4 Å². The maximum absolute atomic E-state index is 6.58. The van der Waals surface area contributed by atoms with Gasteiger partial charge in [0.05, 0.1) is 18.2 Å². The van der Waals surface area contributed by atoms with Gasteiger partial charge < -0.3 is 9.47 Å². The van der Waals surface area contributed by atoms with Crippen molar-refractivity contribution in [1.29, 1.82) is 0 Å². The highest BCUT2D eigenvalue weighted by molar-refractivity contribution is 6.33. The van der Waals surface area contributed by atoms with Gasteiger partial charge in [0.2, 0.25) is 0 Å². The Labute approximate surface area is 176 Å². The van der Waals surface area contributed by atoms with Crippen LogP contribution < -0.4 is 9.47 Å². The van der Waals surface area contributed by atoms with Gasteiger partial charge in [0.1, 0.15) is 11.5 Å². The van der Waals surface area contributed by atoms with E-state index >= 15 is 0 Å². The Balaban J connectivity index is 1.49. The lowest BCUT2D eigenvalue weighted by atomic mass is 10.1. The molecule has 0 aromatic heterocycles. The molecule has 0 N–H and O–H groups in total. The smallest absolute Gasteiger partial charge is 0.145 e. The Morgan fingerprint density at radius 2 is 1.10 bits per heavy atom. The van der Waals surface area contributed by atoms with Crippen LogP contribution in [0.15, 0.2) is 91.0 Å². The summed E-state index contributed by atoms with van der Waals surface area (Å²) in [7, 11) is 0. The van der Waals surface area contributed by atoms with Crippen molar-refractivity contribution < 1.29 is 9.47 Å². The predicted molar refractivity (Wildman–Crippen MR) is 120 cm³/mol. The highest BCUT2D eigenvalue weighted by Crippen LogP contribution is 2.39. The molecular weight excluding hydrogens is 380 g/mol. The Kier molecular flexibility index (Phi) is 6.33. The van der Waals surface area contributed by atoms with E-state index in [2.05, 4.69) is 24.3 Å². The highest BCUT2D eigenvalue weighted by atomic mass is 35.5. The Morgan fingerprint density at radius 1 is 0.586 bits per heavy atom. The topological polar surface area (TPSA) is 18.5 Å². The van der Waals surface area contributed by atoms with Gasteiger partial charge in [-0.15, -0.1) is 0 Å². The largest absolute Gasteiger partial charge is 0.493 e. The van der Waals surface area contributed by atoms with Gasteiger partial charge in [-0.05, 0) is 11.1 Å². The fraction of sp³-hybridized carbons (Fsp3) is 0.154. The Morgan fingerprint density at radius 3 is 1.72 bits per heavy atom. The SMILES string of the molecule is Clc1cc(OCCc2ccccc2)c2ccccc2c1OCCc1ccccc1. The van der Waals surface area contributed by atoms with Crippen molar-refractivity contribution in [1.82, 2.24) is 0 Å². The molecule has 0 aliphatic rings. The second-order valence-electron chi connectivity index (χ2n) is 6.90. The van der Waals surface area contributed by atoms with Crippen LogP contribution in [0.5, 0.6) is 11.5 Å². The minimum atomic E-state index is 0.571. The first-order valence-corrected chi connectivity index (χ1v) is 10.2. The standard InChI is InChI=1S/C26H23ClO2/c27-24-19-25(28-17-15-20-9-3-1-4-10-20)22-13-7-8-14-23(22)26(24)29-18-16-21-11-5-2-6-12-21/h1-14,19H,15-18H2. The lowest BCUT2D eigenvalue weighted by molar-refractivity contribution is 0.318. The van der Waals surface area contributed by atoms with Crippen LogP contribution in [0, 0.1) is 0 Å². The zero-order valence-electron chi connectivity index (χ0n) is 16.2. The molecule has 4 aromatic rings. The molecule has 0 amide bonds. The minimum absolute atomic E-state index is 0.571. The highest BCUT2D eigenvalue weighted by Gasteiger charge is 2.13. The van der Waals surface area contributed by atoms with Crippen molar-refractivity contribution in [3.05, 3.63) is 107 Å². The lowest BCUT2D eigenvalue weighted by Crippen LogP contribution is -2.04. The maximum atomic E-state index is 6.58. The van der Waals surface area contributed by atoms with Crippen molar-refractivity contribution in [3.63, 3.8) is 0 Å². The van der Waals surface area contributed by atoms with Crippen molar-refractivity contribution in [2.75, 3.05) is 13.2 Å². The molecule has 0 unspecified atom stereocenters. The minimum Gasteiger partial charge on any atom is -0.493 e. The van der Waals surface area contributed by atoms with Crippen molar-refractivity contribution in [3.8, 4) is 11.5 Å². The van der Waals surface area contributed by atoms with Gasteiger partial charge in [0.15, 0.2) is 0 Å². The van der Waals surface area contributed by atoms with E-state index < -0.39 is 0 Å². The van der Waals surface area contributed by atoms with Crippen molar-refractivity contribution in [2.24, 2.45) is 0 Å². The van der Waals surface area contributed by atoms with Crippen LogP contribution in [-0.4, -0.2) is 13.2 Å². The number of rotatable bonds is 8. The van der Waals surface area contributed by atoms with E-state index in [-0.39, 0.29) is 0 Å². The van der Waals surface area contributed by atoms with Crippen LogP contribution in [-0.2, 0) is 12.8 Å². The summed E-state index contributed by atoms with van der Waals surface area (Å²) in [6.45, 7) is 1.17. The number of hydrogen-bond donors (Lipinski definition) is 0. The van der Waals surface area contributed by atoms with Gasteiger partial charge in [-0.3, -0.25) is 0 Å². The molecule has 4 aromatic carbocycles. The molecule has 4 rings (SSSR count). The van der Waals surface area contributed by atoms with Gasteiger partial charge in [0, 0.05) is 29.7 Å². The van der Waals surface area contributed by atoms with Crippen LogP contribution in [0.1, 0.15) is 11.1 Å². The van der Waals surface area contributed by atoms with Crippen LogP contribution in [0.4, 0.5) is 0 Å². The van der Waals surface area contributed by atoms with E-state index in [0.29, 0.717) is 24.0 Å². The summed E-state index contributed by atoms with van der Waals surface area (Å²) >= 11 is 6.58. The molecule has 3 heteroatoms. The summed E-state index contributed by atoms with van der Waals surface area (Å²) in [5, 5.41) is 2.56.